The molecule has 0 aliphatic rings. The molecule has 3 aromatic heterocycles. The lowest BCUT2D eigenvalue weighted by Crippen LogP contribution is -2.03. The lowest BCUT2D eigenvalue weighted by molar-refractivity contribution is 0.653. The van der Waals surface area contributed by atoms with Crippen molar-refractivity contribution in [2.24, 2.45) is 0 Å². The SMILES string of the molecule is [2H]C([2H])([2H])C([2H])(C)c1ccccc1-n1c(-c2cccc3c2oc2nc(C)ccc23)nc2ccccc21. The highest BCUT2D eigenvalue weighted by molar-refractivity contribution is 6.08. The predicted octanol–water partition coefficient (Wildman–Crippen LogP) is 7.42. The van der Waals surface area contributed by atoms with Gasteiger partial charge in [0.1, 0.15) is 11.4 Å². The minimum atomic E-state index is -2.53. The number of furan rings is 1. The lowest BCUT2D eigenvalue weighted by Gasteiger charge is -2.16. The monoisotopic (exact) mass is 421 g/mol. The molecule has 0 spiro atoms. The van der Waals surface area contributed by atoms with Crippen molar-refractivity contribution in [1.29, 1.82) is 0 Å². The molecule has 3 aromatic carbocycles. The number of aryl methyl sites for hydroxylation is 1. The number of benzene rings is 3. The molecule has 1 atom stereocenters. The second-order valence-corrected chi connectivity index (χ2v) is 7.99. The molecule has 4 heteroatoms. The Morgan fingerprint density at radius 3 is 2.66 bits per heavy atom. The Hall–Kier alpha value is -3.92. The maximum atomic E-state index is 8.85. The van der Waals surface area contributed by atoms with Gasteiger partial charge in [0.15, 0.2) is 0 Å². The van der Waals surface area contributed by atoms with Crippen LogP contribution in [0.5, 0.6) is 0 Å². The number of imidazole rings is 1. The molecule has 6 rings (SSSR count). The van der Waals surface area contributed by atoms with E-state index in [-0.39, 0.29) is 0 Å². The van der Waals surface area contributed by atoms with Gasteiger partial charge < -0.3 is 4.42 Å². The Kier molecular flexibility index (Phi) is 3.30. The van der Waals surface area contributed by atoms with E-state index in [2.05, 4.69) is 4.98 Å². The van der Waals surface area contributed by atoms with Crippen LogP contribution in [0.25, 0.3) is 50.2 Å². The molecule has 0 aliphatic carbocycles. The van der Waals surface area contributed by atoms with E-state index in [1.807, 2.05) is 78.2 Å². The van der Waals surface area contributed by atoms with E-state index in [9.17, 15) is 0 Å². The zero-order chi connectivity index (χ0) is 25.2. The third-order valence-corrected chi connectivity index (χ3v) is 5.85. The van der Waals surface area contributed by atoms with Gasteiger partial charge in [-0.25, -0.2) is 9.97 Å². The third kappa shape index (κ3) is 2.76. The number of para-hydroxylation sites is 4. The second-order valence-electron chi connectivity index (χ2n) is 7.99. The summed E-state index contributed by atoms with van der Waals surface area (Å²) in [6, 6.07) is 24.7. The fourth-order valence-corrected chi connectivity index (χ4v) is 4.38. The summed E-state index contributed by atoms with van der Waals surface area (Å²) in [4.78, 5) is 9.53. The first-order valence-corrected chi connectivity index (χ1v) is 10.5. The van der Waals surface area contributed by atoms with Crippen molar-refractivity contribution in [3.63, 3.8) is 0 Å². The maximum absolute atomic E-state index is 8.85. The first-order chi connectivity index (χ1) is 17.2. The summed E-state index contributed by atoms with van der Waals surface area (Å²) in [5, 5.41) is 1.84. The van der Waals surface area contributed by atoms with Crippen LogP contribution < -0.4 is 0 Å². The van der Waals surface area contributed by atoms with E-state index in [0.717, 1.165) is 33.1 Å². The zero-order valence-corrected chi connectivity index (χ0v) is 17.8. The Morgan fingerprint density at radius 2 is 1.75 bits per heavy atom. The molecule has 0 saturated carbocycles. The Labute approximate surface area is 191 Å². The molecule has 0 aliphatic heterocycles. The molecule has 0 N–H and O–H groups in total. The van der Waals surface area contributed by atoms with Crippen LogP contribution in [0.2, 0.25) is 0 Å². The van der Waals surface area contributed by atoms with Gasteiger partial charge in [0, 0.05) is 21.9 Å². The number of aromatic nitrogens is 3. The third-order valence-electron chi connectivity index (χ3n) is 5.85. The van der Waals surface area contributed by atoms with Gasteiger partial charge in [-0.1, -0.05) is 56.2 Å². The average molecular weight is 422 g/mol. The Balaban J connectivity index is 1.71. The van der Waals surface area contributed by atoms with Crippen molar-refractivity contribution < 1.29 is 9.90 Å². The van der Waals surface area contributed by atoms with Gasteiger partial charge in [0.05, 0.1) is 22.3 Å². The molecule has 156 valence electrons. The molecule has 0 radical (unpaired) electrons. The van der Waals surface area contributed by atoms with Crippen molar-refractivity contribution in [3.8, 4) is 17.1 Å². The summed E-state index contributed by atoms with van der Waals surface area (Å²) in [6.45, 7) is 0.834. The van der Waals surface area contributed by atoms with E-state index in [4.69, 9.17) is 14.9 Å². The van der Waals surface area contributed by atoms with Crippen molar-refractivity contribution in [2.75, 3.05) is 0 Å². The van der Waals surface area contributed by atoms with Crippen LogP contribution in [0.3, 0.4) is 0 Å². The lowest BCUT2D eigenvalue weighted by atomic mass is 10.0. The topological polar surface area (TPSA) is 43.9 Å². The fraction of sp³-hybridized carbons (Fsp3) is 0.143. The predicted molar refractivity (Wildman–Crippen MR) is 130 cm³/mol. The number of hydrogen-bond acceptors (Lipinski definition) is 3. The molecule has 0 saturated heterocycles. The molecule has 0 amide bonds. The summed E-state index contributed by atoms with van der Waals surface area (Å²) < 4.78 is 41.2. The number of rotatable bonds is 3. The zero-order valence-electron chi connectivity index (χ0n) is 21.8. The van der Waals surface area contributed by atoms with Gasteiger partial charge in [-0.3, -0.25) is 4.57 Å². The minimum absolute atomic E-state index is 0.392. The minimum Gasteiger partial charge on any atom is -0.437 e. The van der Waals surface area contributed by atoms with Crippen LogP contribution in [0.1, 0.15) is 36.4 Å². The Bertz CT molecular complexity index is 1780. The molecular weight excluding hydrogens is 394 g/mol. The second kappa shape index (κ2) is 7.06. The standard InChI is InChI=1S/C28H23N3O/c1-17(2)19-9-4-6-13-24(19)31-25-14-7-5-12-23(25)30-27(31)22-11-8-10-20-21-16-15-18(3)29-28(21)32-26(20)22/h4-17H,1-3H3/i1D3,17D. The summed E-state index contributed by atoms with van der Waals surface area (Å²) in [5.74, 6) is -1.23. The molecule has 1 unspecified atom stereocenters. The van der Waals surface area contributed by atoms with Gasteiger partial charge in [0.25, 0.3) is 0 Å². The van der Waals surface area contributed by atoms with E-state index in [0.29, 0.717) is 28.4 Å². The van der Waals surface area contributed by atoms with E-state index < -0.39 is 12.7 Å². The molecular formula is C28H23N3O. The first kappa shape index (κ1) is 15.0. The van der Waals surface area contributed by atoms with E-state index in [1.165, 1.54) is 6.92 Å². The van der Waals surface area contributed by atoms with Crippen molar-refractivity contribution in [2.45, 2.75) is 26.6 Å². The quantitative estimate of drug-likeness (QED) is 0.299. The molecule has 0 fully saturated rings. The smallest absolute Gasteiger partial charge is 0.227 e. The van der Waals surface area contributed by atoms with Gasteiger partial charge in [-0.15, -0.1) is 0 Å². The van der Waals surface area contributed by atoms with Crippen LogP contribution in [0.4, 0.5) is 0 Å². The van der Waals surface area contributed by atoms with Crippen molar-refractivity contribution >= 4 is 33.1 Å². The van der Waals surface area contributed by atoms with Crippen molar-refractivity contribution in [1.82, 2.24) is 14.5 Å². The van der Waals surface area contributed by atoms with Gasteiger partial charge in [-0.2, -0.15) is 0 Å². The van der Waals surface area contributed by atoms with E-state index >= 15 is 0 Å². The van der Waals surface area contributed by atoms with Gasteiger partial charge in [-0.05, 0) is 54.8 Å². The summed E-state index contributed by atoms with van der Waals surface area (Å²) in [5.41, 5.74) is 5.39. The molecule has 0 bridgehead atoms. The molecule has 6 aromatic rings. The largest absolute Gasteiger partial charge is 0.437 e. The Morgan fingerprint density at radius 1 is 0.906 bits per heavy atom. The summed E-state index contributed by atoms with van der Waals surface area (Å²) in [6.07, 6.45) is 0. The molecule has 32 heavy (non-hydrogen) atoms. The summed E-state index contributed by atoms with van der Waals surface area (Å²) in [7, 11) is 0. The fourth-order valence-electron chi connectivity index (χ4n) is 4.38. The van der Waals surface area contributed by atoms with E-state index in [1.54, 1.807) is 12.1 Å². The molecule has 3 heterocycles. The number of nitrogens with zero attached hydrogens (tertiary/aromatic N) is 3. The average Bonchev–Trinajstić information content (AvgIpc) is 3.41. The van der Waals surface area contributed by atoms with Crippen molar-refractivity contribution in [3.05, 3.63) is 90.1 Å². The van der Waals surface area contributed by atoms with Crippen LogP contribution in [0, 0.1) is 6.92 Å². The highest BCUT2D eigenvalue weighted by atomic mass is 16.3. The number of fused-ring (bicyclic) bond motifs is 4. The highest BCUT2D eigenvalue weighted by Gasteiger charge is 2.21. The highest BCUT2D eigenvalue weighted by Crippen LogP contribution is 2.38. The van der Waals surface area contributed by atoms with Crippen LogP contribution in [-0.2, 0) is 0 Å². The van der Waals surface area contributed by atoms with Crippen LogP contribution >= 0.6 is 0 Å². The van der Waals surface area contributed by atoms with Gasteiger partial charge >= 0.3 is 0 Å². The number of hydrogen-bond donors (Lipinski definition) is 0. The van der Waals surface area contributed by atoms with Gasteiger partial charge in [0.2, 0.25) is 5.71 Å². The molecule has 4 nitrogen and oxygen atoms in total. The maximum Gasteiger partial charge on any atom is 0.227 e. The van der Waals surface area contributed by atoms with Crippen LogP contribution in [0.15, 0.2) is 83.3 Å². The summed E-state index contributed by atoms with van der Waals surface area (Å²) >= 11 is 0. The van der Waals surface area contributed by atoms with Crippen LogP contribution in [-0.4, -0.2) is 14.5 Å². The number of pyridine rings is 1. The first-order valence-electron chi connectivity index (χ1n) is 12.5. The normalized spacial score (nSPS) is 15.9.